The number of fused-ring (bicyclic) bond motifs is 1. The number of pyridine rings is 1. The van der Waals surface area contributed by atoms with Crippen LogP contribution in [-0.2, 0) is 17.9 Å². The first-order valence-electron chi connectivity index (χ1n) is 9.18. The van der Waals surface area contributed by atoms with Crippen molar-refractivity contribution in [2.75, 3.05) is 6.61 Å². The fourth-order valence-corrected chi connectivity index (χ4v) is 3.66. The third-order valence-corrected chi connectivity index (χ3v) is 5.41. The van der Waals surface area contributed by atoms with Gasteiger partial charge in [0.25, 0.3) is 0 Å². The predicted octanol–water partition coefficient (Wildman–Crippen LogP) is 1.76. The molecule has 0 aromatic carbocycles. The lowest BCUT2D eigenvalue weighted by atomic mass is 9.77. The zero-order valence-electron chi connectivity index (χ0n) is 14.8. The van der Waals surface area contributed by atoms with Crippen LogP contribution in [0.1, 0.15) is 37.8 Å². The molecule has 1 aliphatic heterocycles. The van der Waals surface area contributed by atoms with Crippen LogP contribution in [0.25, 0.3) is 0 Å². The van der Waals surface area contributed by atoms with Crippen LogP contribution in [0, 0.1) is 0 Å². The normalized spacial score (nSPS) is 21.4. The second-order valence-corrected chi connectivity index (χ2v) is 7.26. The van der Waals surface area contributed by atoms with Gasteiger partial charge in [0.15, 0.2) is 0 Å². The average molecular weight is 356 g/mol. The highest BCUT2D eigenvalue weighted by Gasteiger charge is 2.39. The van der Waals surface area contributed by atoms with Crippen LogP contribution >= 0.6 is 0 Å². The highest BCUT2D eigenvalue weighted by atomic mass is 16.5. The van der Waals surface area contributed by atoms with Crippen molar-refractivity contribution < 1.29 is 14.6 Å². The molecule has 26 heavy (non-hydrogen) atoms. The molecule has 0 bridgehead atoms. The van der Waals surface area contributed by atoms with E-state index in [1.807, 2.05) is 27.8 Å². The molecular formula is C19H24N4O3. The molecule has 2 aromatic heterocycles. The van der Waals surface area contributed by atoms with Gasteiger partial charge in [-0.15, -0.1) is 0 Å². The van der Waals surface area contributed by atoms with Crippen LogP contribution in [0.4, 0.5) is 0 Å². The van der Waals surface area contributed by atoms with Crippen molar-refractivity contribution in [3.63, 3.8) is 0 Å². The highest BCUT2D eigenvalue weighted by Crippen LogP contribution is 2.35. The Balaban J connectivity index is 1.49. The average Bonchev–Trinajstić information content (AvgIpc) is 2.99. The summed E-state index contributed by atoms with van der Waals surface area (Å²) in [6.07, 6.45) is 8.50. The maximum absolute atomic E-state index is 13.0. The fraction of sp³-hybridized carbons (Fsp3) is 0.526. The molecule has 1 atom stereocenters. The van der Waals surface area contributed by atoms with E-state index in [0.29, 0.717) is 31.7 Å². The first-order chi connectivity index (χ1) is 12.6. The SMILES string of the molecule is O=C(CC1(O)CCC1)N1Cc2ccnn2CC[C@@H]1COc1cccnc1. The summed E-state index contributed by atoms with van der Waals surface area (Å²) in [7, 11) is 0. The van der Waals surface area contributed by atoms with Gasteiger partial charge in [0.2, 0.25) is 5.91 Å². The van der Waals surface area contributed by atoms with Gasteiger partial charge in [-0.3, -0.25) is 14.5 Å². The van der Waals surface area contributed by atoms with E-state index in [0.717, 1.165) is 25.1 Å². The molecule has 3 heterocycles. The Morgan fingerprint density at radius 2 is 2.23 bits per heavy atom. The smallest absolute Gasteiger partial charge is 0.226 e. The molecule has 138 valence electrons. The Morgan fingerprint density at radius 3 is 2.96 bits per heavy atom. The van der Waals surface area contributed by atoms with Crippen molar-refractivity contribution in [2.24, 2.45) is 0 Å². The molecule has 0 spiro atoms. The lowest BCUT2D eigenvalue weighted by Crippen LogP contribution is -2.48. The predicted molar refractivity (Wildman–Crippen MR) is 94.3 cm³/mol. The quantitative estimate of drug-likeness (QED) is 0.883. The van der Waals surface area contributed by atoms with Gasteiger partial charge >= 0.3 is 0 Å². The lowest BCUT2D eigenvalue weighted by Gasteiger charge is -2.38. The van der Waals surface area contributed by atoms with Crippen LogP contribution in [0.2, 0.25) is 0 Å². The summed E-state index contributed by atoms with van der Waals surface area (Å²) in [5.74, 6) is 0.682. The Kier molecular flexibility index (Phi) is 4.63. The molecule has 0 unspecified atom stereocenters. The molecule has 7 nitrogen and oxygen atoms in total. The number of rotatable bonds is 5. The third-order valence-electron chi connectivity index (χ3n) is 5.41. The molecule has 2 aliphatic rings. The summed E-state index contributed by atoms with van der Waals surface area (Å²) in [6.45, 7) is 1.65. The van der Waals surface area contributed by atoms with E-state index in [1.165, 1.54) is 0 Å². The monoisotopic (exact) mass is 356 g/mol. The summed E-state index contributed by atoms with van der Waals surface area (Å²) in [6, 6.07) is 5.57. The number of amides is 1. The second kappa shape index (κ2) is 7.07. The van der Waals surface area contributed by atoms with Gasteiger partial charge in [0.05, 0.1) is 36.5 Å². The minimum absolute atomic E-state index is 0.0124. The van der Waals surface area contributed by atoms with E-state index in [-0.39, 0.29) is 18.4 Å². The van der Waals surface area contributed by atoms with Crippen LogP contribution in [0.3, 0.4) is 0 Å². The second-order valence-electron chi connectivity index (χ2n) is 7.26. The number of aromatic nitrogens is 3. The standard InChI is InChI=1S/C19H24N4O3/c24-18(11-19(25)6-2-7-19)22-13-15-4-9-21-23(15)10-5-16(22)14-26-17-3-1-8-20-12-17/h1,3-4,8-9,12,16,25H,2,5-7,10-11,13-14H2/t16-/m1/s1. The molecular weight excluding hydrogens is 332 g/mol. The first kappa shape index (κ1) is 17.0. The first-order valence-corrected chi connectivity index (χ1v) is 9.18. The van der Waals surface area contributed by atoms with Crippen molar-refractivity contribution in [2.45, 2.75) is 56.8 Å². The van der Waals surface area contributed by atoms with Gasteiger partial charge in [0, 0.05) is 18.9 Å². The van der Waals surface area contributed by atoms with Gasteiger partial charge in [-0.1, -0.05) is 0 Å². The summed E-state index contributed by atoms with van der Waals surface area (Å²) in [5.41, 5.74) is 0.195. The van der Waals surface area contributed by atoms with Gasteiger partial charge in [-0.2, -0.15) is 5.10 Å². The van der Waals surface area contributed by atoms with E-state index in [9.17, 15) is 9.90 Å². The Hall–Kier alpha value is -2.41. The molecule has 1 aliphatic carbocycles. The Morgan fingerprint density at radius 1 is 1.35 bits per heavy atom. The number of hydrogen-bond acceptors (Lipinski definition) is 5. The van der Waals surface area contributed by atoms with Crippen molar-refractivity contribution >= 4 is 5.91 Å². The van der Waals surface area contributed by atoms with E-state index in [1.54, 1.807) is 18.6 Å². The summed E-state index contributed by atoms with van der Waals surface area (Å²) >= 11 is 0. The van der Waals surface area contributed by atoms with Crippen LogP contribution in [0.15, 0.2) is 36.8 Å². The van der Waals surface area contributed by atoms with Crippen LogP contribution < -0.4 is 4.74 Å². The molecule has 4 rings (SSSR count). The van der Waals surface area contributed by atoms with Gasteiger partial charge in [-0.05, 0) is 43.9 Å². The number of aryl methyl sites for hydroxylation is 1. The molecule has 1 saturated carbocycles. The minimum Gasteiger partial charge on any atom is -0.490 e. The summed E-state index contributed by atoms with van der Waals surface area (Å²) in [5, 5.41) is 14.8. The topological polar surface area (TPSA) is 80.5 Å². The minimum atomic E-state index is -0.821. The van der Waals surface area contributed by atoms with Crippen LogP contribution in [0.5, 0.6) is 5.75 Å². The number of carbonyl (C=O) groups is 1. The van der Waals surface area contributed by atoms with Crippen molar-refractivity contribution in [1.82, 2.24) is 19.7 Å². The number of nitrogens with zero attached hydrogens (tertiary/aromatic N) is 4. The van der Waals surface area contributed by atoms with E-state index in [2.05, 4.69) is 10.1 Å². The van der Waals surface area contributed by atoms with Gasteiger partial charge in [-0.25, -0.2) is 0 Å². The fourth-order valence-electron chi connectivity index (χ4n) is 3.66. The summed E-state index contributed by atoms with van der Waals surface area (Å²) < 4.78 is 7.83. The van der Waals surface area contributed by atoms with Gasteiger partial charge < -0.3 is 14.7 Å². The lowest BCUT2D eigenvalue weighted by molar-refractivity contribution is -0.144. The van der Waals surface area contributed by atoms with Crippen LogP contribution in [-0.4, -0.2) is 48.9 Å². The zero-order valence-corrected chi connectivity index (χ0v) is 14.8. The summed E-state index contributed by atoms with van der Waals surface area (Å²) in [4.78, 5) is 18.9. The largest absolute Gasteiger partial charge is 0.490 e. The Bertz CT molecular complexity index is 757. The molecule has 1 N–H and O–H groups in total. The third kappa shape index (κ3) is 3.58. The maximum Gasteiger partial charge on any atom is 0.226 e. The number of aliphatic hydroxyl groups is 1. The zero-order chi connectivity index (χ0) is 18.0. The molecule has 0 radical (unpaired) electrons. The van der Waals surface area contributed by atoms with E-state index < -0.39 is 5.60 Å². The van der Waals surface area contributed by atoms with E-state index in [4.69, 9.17) is 4.74 Å². The van der Waals surface area contributed by atoms with Crippen molar-refractivity contribution in [1.29, 1.82) is 0 Å². The molecule has 1 amide bonds. The van der Waals surface area contributed by atoms with Gasteiger partial charge in [0.1, 0.15) is 12.4 Å². The molecule has 2 aromatic rings. The van der Waals surface area contributed by atoms with Crippen molar-refractivity contribution in [3.8, 4) is 5.75 Å². The number of hydrogen-bond donors (Lipinski definition) is 1. The number of ether oxygens (including phenoxy) is 1. The molecule has 0 saturated heterocycles. The van der Waals surface area contributed by atoms with E-state index >= 15 is 0 Å². The Labute approximate surface area is 152 Å². The van der Waals surface area contributed by atoms with Crippen molar-refractivity contribution in [3.05, 3.63) is 42.5 Å². The number of carbonyl (C=O) groups excluding carboxylic acids is 1. The highest BCUT2D eigenvalue weighted by molar-refractivity contribution is 5.77. The maximum atomic E-state index is 13.0. The molecule has 7 heteroatoms. The molecule has 1 fully saturated rings.